The number of para-hydroxylation sites is 1. The number of carboxylic acid groups (broad SMARTS) is 1. The minimum absolute atomic E-state index is 0.103. The number of carbonyl (C=O) groups excluding carboxylic acids is 2. The van der Waals surface area contributed by atoms with Crippen molar-refractivity contribution in [1.29, 1.82) is 0 Å². The van der Waals surface area contributed by atoms with Gasteiger partial charge in [-0.3, -0.25) is 14.4 Å². The molecule has 7 nitrogen and oxygen atoms in total. The first-order valence-corrected chi connectivity index (χ1v) is 16.7. The van der Waals surface area contributed by atoms with Crippen LogP contribution in [0.5, 0.6) is 5.19 Å². The average molecular weight is 655 g/mol. The lowest BCUT2D eigenvalue weighted by atomic mass is 9.89. The van der Waals surface area contributed by atoms with Crippen molar-refractivity contribution in [2.24, 2.45) is 17.3 Å². The minimum atomic E-state index is -4.52. The van der Waals surface area contributed by atoms with Crippen molar-refractivity contribution >= 4 is 39.2 Å². The van der Waals surface area contributed by atoms with Crippen molar-refractivity contribution < 1.29 is 37.4 Å². The molecule has 5 atom stereocenters. The van der Waals surface area contributed by atoms with Crippen molar-refractivity contribution in [3.63, 3.8) is 0 Å². The molecule has 46 heavy (non-hydrogen) atoms. The molecule has 1 aromatic heterocycles. The Morgan fingerprint density at radius 2 is 1.96 bits per heavy atom. The van der Waals surface area contributed by atoms with Crippen LogP contribution in [0, 0.1) is 24.2 Å². The highest BCUT2D eigenvalue weighted by atomic mass is 32.1. The number of alkyl halides is 3. The maximum Gasteiger partial charge on any atom is 0.416 e. The third-order valence-corrected chi connectivity index (χ3v) is 10.5. The standard InChI is InChI=1S/C35H37F3N2O5S/c1-21-13-22(16-25(14-21)35(36,37)38)15-23-9-5-3-2-4-6-10-24-18-34(24,32(43)44)19-29(41)28-17-26(20-40(28)31(23)42)45-33-39-27-11-7-8-12-30(27)46-33/h6-8,10-14,16,23-24,26,28H,2-5,9,15,17-20H2,1H3,(H,43,44)/b10-6-/t23-,24+,26-,28+,34-/m1/s1. The van der Waals surface area contributed by atoms with Crippen LogP contribution < -0.4 is 4.74 Å². The maximum absolute atomic E-state index is 14.4. The van der Waals surface area contributed by atoms with E-state index in [1.165, 1.54) is 16.2 Å². The number of amides is 1. The molecule has 1 N–H and O–H groups in total. The van der Waals surface area contributed by atoms with Crippen LogP contribution in [0.1, 0.15) is 68.1 Å². The minimum Gasteiger partial charge on any atom is -0.481 e. The van der Waals surface area contributed by atoms with E-state index in [1.807, 2.05) is 36.4 Å². The van der Waals surface area contributed by atoms with Gasteiger partial charge in [0.15, 0.2) is 5.78 Å². The maximum atomic E-state index is 14.4. The summed E-state index contributed by atoms with van der Waals surface area (Å²) in [5.41, 5.74) is -0.298. The van der Waals surface area contributed by atoms with E-state index in [2.05, 4.69) is 4.98 Å². The van der Waals surface area contributed by atoms with Gasteiger partial charge >= 0.3 is 12.1 Å². The molecule has 1 amide bonds. The Morgan fingerprint density at radius 1 is 1.15 bits per heavy atom. The summed E-state index contributed by atoms with van der Waals surface area (Å²) in [7, 11) is 0. The Kier molecular flexibility index (Phi) is 8.98. The zero-order valence-electron chi connectivity index (χ0n) is 25.6. The quantitative estimate of drug-likeness (QED) is 0.288. The number of allylic oxidation sites excluding steroid dienone is 2. The zero-order chi connectivity index (χ0) is 32.6. The molecule has 1 saturated carbocycles. The summed E-state index contributed by atoms with van der Waals surface area (Å²) in [6, 6.07) is 10.6. The highest BCUT2D eigenvalue weighted by Crippen LogP contribution is 2.57. The number of halogens is 3. The molecule has 1 saturated heterocycles. The summed E-state index contributed by atoms with van der Waals surface area (Å²) in [5, 5.41) is 10.6. The monoisotopic (exact) mass is 654 g/mol. The number of fused-ring (bicyclic) bond motifs is 3. The lowest BCUT2D eigenvalue weighted by molar-refractivity contribution is -0.147. The summed E-state index contributed by atoms with van der Waals surface area (Å²) < 4.78 is 48.2. The molecule has 2 aromatic carbocycles. The van der Waals surface area contributed by atoms with E-state index < -0.39 is 41.2 Å². The molecule has 3 aromatic rings. The van der Waals surface area contributed by atoms with Gasteiger partial charge in [0.25, 0.3) is 5.19 Å². The first-order valence-electron chi connectivity index (χ1n) is 15.9. The Morgan fingerprint density at radius 3 is 2.72 bits per heavy atom. The van der Waals surface area contributed by atoms with Gasteiger partial charge in [-0.15, -0.1) is 0 Å². The molecule has 1 aliphatic carbocycles. The van der Waals surface area contributed by atoms with Crippen LogP contribution >= 0.6 is 11.3 Å². The Hall–Kier alpha value is -3.73. The number of aromatic nitrogens is 1. The number of aryl methyl sites for hydroxylation is 1. The first kappa shape index (κ1) is 32.2. The number of carbonyl (C=O) groups is 3. The van der Waals surface area contributed by atoms with Gasteiger partial charge in [0.2, 0.25) is 5.91 Å². The molecule has 0 spiro atoms. The summed E-state index contributed by atoms with van der Waals surface area (Å²) in [6.45, 7) is 1.71. The molecular formula is C35H37F3N2O5S. The lowest BCUT2D eigenvalue weighted by Gasteiger charge is -2.29. The van der Waals surface area contributed by atoms with E-state index in [0.29, 0.717) is 35.6 Å². The summed E-state index contributed by atoms with van der Waals surface area (Å²) >= 11 is 1.36. The van der Waals surface area contributed by atoms with Crippen molar-refractivity contribution in [2.45, 2.75) is 83.0 Å². The molecule has 244 valence electrons. The second-order valence-electron chi connectivity index (χ2n) is 13.0. The van der Waals surface area contributed by atoms with E-state index in [4.69, 9.17) is 4.74 Å². The van der Waals surface area contributed by atoms with Gasteiger partial charge in [-0.25, -0.2) is 4.98 Å². The second kappa shape index (κ2) is 12.8. The Labute approximate surface area is 269 Å². The lowest BCUT2D eigenvalue weighted by Crippen LogP contribution is -2.45. The molecule has 11 heteroatoms. The summed E-state index contributed by atoms with van der Waals surface area (Å²) in [4.78, 5) is 46.8. The van der Waals surface area contributed by atoms with Crippen LogP contribution in [0.2, 0.25) is 0 Å². The number of hydrogen-bond donors (Lipinski definition) is 1. The number of carboxylic acids is 1. The van der Waals surface area contributed by atoms with Gasteiger partial charge in [-0.1, -0.05) is 60.1 Å². The van der Waals surface area contributed by atoms with E-state index in [1.54, 1.807) is 13.0 Å². The Balaban J connectivity index is 1.31. The number of nitrogens with zero attached hydrogens (tertiary/aromatic N) is 2. The van der Waals surface area contributed by atoms with Gasteiger partial charge in [-0.2, -0.15) is 13.2 Å². The fourth-order valence-electron chi connectivity index (χ4n) is 7.08. The number of Topliss-reactive ketones (excluding diaryl/α,β-unsaturated/α-hetero) is 1. The third kappa shape index (κ3) is 6.84. The number of ether oxygens (including phenoxy) is 1. The number of ketones is 1. The molecule has 0 unspecified atom stereocenters. The topological polar surface area (TPSA) is 96.8 Å². The van der Waals surface area contributed by atoms with Crippen LogP contribution in [-0.2, 0) is 27.0 Å². The summed E-state index contributed by atoms with van der Waals surface area (Å²) in [5.74, 6) is -2.55. The fourth-order valence-corrected chi connectivity index (χ4v) is 7.96. The van der Waals surface area contributed by atoms with Crippen LogP contribution in [0.3, 0.4) is 0 Å². The molecule has 3 aliphatic rings. The van der Waals surface area contributed by atoms with E-state index >= 15 is 0 Å². The van der Waals surface area contributed by atoms with Gasteiger partial charge in [0, 0.05) is 18.8 Å². The molecular weight excluding hydrogens is 617 g/mol. The van der Waals surface area contributed by atoms with Crippen LogP contribution in [0.25, 0.3) is 10.2 Å². The second-order valence-corrected chi connectivity index (χ2v) is 14.0. The molecule has 0 radical (unpaired) electrons. The number of aliphatic carboxylic acids is 1. The van der Waals surface area contributed by atoms with Crippen molar-refractivity contribution in [1.82, 2.24) is 9.88 Å². The van der Waals surface area contributed by atoms with Crippen LogP contribution in [0.4, 0.5) is 13.2 Å². The van der Waals surface area contributed by atoms with E-state index in [-0.39, 0.29) is 43.4 Å². The number of thiazole rings is 1. The average Bonchev–Trinajstić information content (AvgIpc) is 3.31. The summed E-state index contributed by atoms with van der Waals surface area (Å²) in [6.07, 6.45) is 2.86. The first-order chi connectivity index (χ1) is 21.9. The Bertz CT molecular complexity index is 1640. The highest BCUT2D eigenvalue weighted by molar-refractivity contribution is 7.20. The van der Waals surface area contributed by atoms with Crippen molar-refractivity contribution in [3.8, 4) is 5.19 Å². The van der Waals surface area contributed by atoms with Gasteiger partial charge < -0.3 is 14.7 Å². The highest BCUT2D eigenvalue weighted by Gasteiger charge is 2.61. The largest absolute Gasteiger partial charge is 0.481 e. The zero-order valence-corrected chi connectivity index (χ0v) is 26.4. The van der Waals surface area contributed by atoms with Crippen molar-refractivity contribution in [3.05, 3.63) is 71.3 Å². The predicted molar refractivity (Wildman–Crippen MR) is 168 cm³/mol. The molecule has 3 heterocycles. The number of benzene rings is 2. The fraction of sp³-hybridized carbons (Fsp3) is 0.486. The van der Waals surface area contributed by atoms with Crippen LogP contribution in [-0.4, -0.2) is 51.3 Å². The molecule has 6 rings (SSSR count). The number of hydrogen-bond acceptors (Lipinski definition) is 6. The van der Waals surface area contributed by atoms with E-state index in [9.17, 15) is 32.7 Å². The molecule has 2 fully saturated rings. The van der Waals surface area contributed by atoms with Gasteiger partial charge in [0.05, 0.1) is 33.8 Å². The van der Waals surface area contributed by atoms with Gasteiger partial charge in [0.1, 0.15) is 6.10 Å². The normalized spacial score (nSPS) is 28.2. The third-order valence-electron chi connectivity index (χ3n) is 9.60. The number of rotatable bonds is 5. The SMILES string of the molecule is Cc1cc(C[C@H]2CCCCC/C=C\[C@H]3C[C@@]3(C(=O)O)CC(=O)[C@@H]3C[C@@H](Oc4nc5ccccc5s4)CN3C2=O)cc(C(F)(F)F)c1. The molecule has 2 aliphatic heterocycles. The smallest absolute Gasteiger partial charge is 0.416 e. The van der Waals surface area contributed by atoms with Crippen LogP contribution in [0.15, 0.2) is 54.6 Å². The van der Waals surface area contributed by atoms with E-state index in [0.717, 1.165) is 41.6 Å². The molecule has 0 bridgehead atoms. The predicted octanol–water partition coefficient (Wildman–Crippen LogP) is 7.40. The van der Waals surface area contributed by atoms with Crippen molar-refractivity contribution in [2.75, 3.05) is 6.54 Å². The van der Waals surface area contributed by atoms with Gasteiger partial charge in [-0.05, 0) is 74.8 Å².